The monoisotopic (exact) mass is 444 g/mol. The molecule has 9 nitrogen and oxygen atoms in total. The molecule has 0 spiro atoms. The van der Waals surface area contributed by atoms with Crippen molar-refractivity contribution in [2.75, 3.05) is 14.2 Å². The second-order valence-electron chi connectivity index (χ2n) is 5.83. The molecule has 4 N–H and O–H groups in total. The predicted molar refractivity (Wildman–Crippen MR) is 108 cm³/mol. The number of benzene rings is 2. The highest BCUT2D eigenvalue weighted by Crippen LogP contribution is 2.35. The maximum absolute atomic E-state index is 14.7. The smallest absolute Gasteiger partial charge is 0.274 e. The van der Waals surface area contributed by atoms with Gasteiger partial charge in [0.15, 0.2) is 11.5 Å². The Balaban J connectivity index is 0.00000300. The van der Waals surface area contributed by atoms with Crippen LogP contribution in [0.5, 0.6) is 11.5 Å². The molecule has 0 radical (unpaired) electrons. The van der Waals surface area contributed by atoms with Gasteiger partial charge in [0.1, 0.15) is 11.5 Å². The lowest BCUT2D eigenvalue weighted by molar-refractivity contribution is 0.356. The SMILES string of the molecule is COc1cc2c(-c3ccc(CNS(N)(=O)=O)cc3F)n[nH]c(=O)c2cc1OC.Cl. The van der Waals surface area contributed by atoms with E-state index in [9.17, 15) is 17.6 Å². The number of H-pyrrole nitrogens is 1. The fourth-order valence-electron chi connectivity index (χ4n) is 2.74. The molecule has 0 fully saturated rings. The Hall–Kier alpha value is -2.73. The maximum Gasteiger partial charge on any atom is 0.274 e. The molecule has 0 unspecified atom stereocenters. The number of hydrogen-bond acceptors (Lipinski definition) is 6. The number of ether oxygens (including phenoxy) is 2. The van der Waals surface area contributed by atoms with Gasteiger partial charge < -0.3 is 9.47 Å². The van der Waals surface area contributed by atoms with E-state index in [-0.39, 0.29) is 35.6 Å². The number of methoxy groups -OCH3 is 2. The minimum Gasteiger partial charge on any atom is -0.493 e. The normalized spacial score (nSPS) is 11.2. The summed E-state index contributed by atoms with van der Waals surface area (Å²) in [6.45, 7) is -0.166. The van der Waals surface area contributed by atoms with Crippen LogP contribution in [-0.2, 0) is 16.8 Å². The zero-order valence-corrected chi connectivity index (χ0v) is 17.0. The minimum absolute atomic E-state index is 0. The molecule has 0 aliphatic heterocycles. The first-order valence-corrected chi connectivity index (χ1v) is 9.48. The highest BCUT2D eigenvalue weighted by molar-refractivity contribution is 7.87. The maximum atomic E-state index is 14.7. The molecular formula is C17H18ClFN4O5S. The Morgan fingerprint density at radius 3 is 2.31 bits per heavy atom. The van der Waals surface area contributed by atoms with Gasteiger partial charge in [-0.3, -0.25) is 4.79 Å². The van der Waals surface area contributed by atoms with Gasteiger partial charge in [-0.1, -0.05) is 6.07 Å². The number of rotatable bonds is 6. The predicted octanol–water partition coefficient (Wildman–Crippen LogP) is 1.46. The zero-order valence-electron chi connectivity index (χ0n) is 15.4. The van der Waals surface area contributed by atoms with Crippen molar-refractivity contribution in [2.24, 2.45) is 5.14 Å². The summed E-state index contributed by atoms with van der Waals surface area (Å²) in [7, 11) is -1.01. The molecule has 2 aromatic carbocycles. The molecule has 156 valence electrons. The topological polar surface area (TPSA) is 136 Å². The number of nitrogens with zero attached hydrogens (tertiary/aromatic N) is 1. The molecular weight excluding hydrogens is 427 g/mol. The van der Waals surface area contributed by atoms with E-state index in [1.54, 1.807) is 6.07 Å². The van der Waals surface area contributed by atoms with Crippen LogP contribution in [0.2, 0.25) is 0 Å². The third-order valence-corrected chi connectivity index (χ3v) is 4.61. The summed E-state index contributed by atoms with van der Waals surface area (Å²) in [6.07, 6.45) is 0. The Bertz CT molecular complexity index is 1220. The first kappa shape index (κ1) is 22.6. The van der Waals surface area contributed by atoms with Crippen LogP contribution in [0.4, 0.5) is 4.39 Å². The Morgan fingerprint density at radius 2 is 1.76 bits per heavy atom. The molecule has 0 bridgehead atoms. The molecule has 0 atom stereocenters. The molecule has 1 aromatic heterocycles. The van der Waals surface area contributed by atoms with E-state index in [1.165, 1.54) is 32.4 Å². The highest BCUT2D eigenvalue weighted by atomic mass is 35.5. The van der Waals surface area contributed by atoms with Crippen LogP contribution in [0.3, 0.4) is 0 Å². The van der Waals surface area contributed by atoms with Gasteiger partial charge in [0.25, 0.3) is 15.8 Å². The van der Waals surface area contributed by atoms with Crippen molar-refractivity contribution in [1.29, 1.82) is 0 Å². The van der Waals surface area contributed by atoms with Gasteiger partial charge >= 0.3 is 0 Å². The number of aromatic nitrogens is 2. The van der Waals surface area contributed by atoms with E-state index >= 15 is 0 Å². The summed E-state index contributed by atoms with van der Waals surface area (Å²) in [5.74, 6) is 0.0601. The molecule has 3 aromatic rings. The first-order valence-electron chi connectivity index (χ1n) is 7.94. The Labute approximate surface area is 171 Å². The summed E-state index contributed by atoms with van der Waals surface area (Å²) in [5, 5.41) is 11.8. The Morgan fingerprint density at radius 1 is 1.14 bits per heavy atom. The number of nitrogens with one attached hydrogen (secondary N) is 2. The van der Waals surface area contributed by atoms with Crippen molar-refractivity contribution in [3.8, 4) is 22.8 Å². The number of nitrogens with two attached hydrogens (primary N) is 1. The quantitative estimate of drug-likeness (QED) is 0.526. The molecule has 0 saturated heterocycles. The average molecular weight is 445 g/mol. The van der Waals surface area contributed by atoms with Crippen molar-refractivity contribution in [3.05, 3.63) is 52.1 Å². The number of halogens is 2. The lowest BCUT2D eigenvalue weighted by Crippen LogP contribution is -2.30. The average Bonchev–Trinajstić information content (AvgIpc) is 2.66. The van der Waals surface area contributed by atoms with Crippen LogP contribution in [-0.4, -0.2) is 32.8 Å². The third kappa shape index (κ3) is 4.82. The van der Waals surface area contributed by atoms with E-state index in [0.717, 1.165) is 6.07 Å². The van der Waals surface area contributed by atoms with Gasteiger partial charge in [0.2, 0.25) is 0 Å². The molecule has 12 heteroatoms. The van der Waals surface area contributed by atoms with Gasteiger partial charge in [0, 0.05) is 17.5 Å². The molecule has 0 saturated carbocycles. The van der Waals surface area contributed by atoms with Crippen molar-refractivity contribution in [1.82, 2.24) is 14.9 Å². The Kier molecular flexibility index (Phi) is 6.80. The van der Waals surface area contributed by atoms with Crippen LogP contribution >= 0.6 is 12.4 Å². The number of fused-ring (bicyclic) bond motifs is 1. The lowest BCUT2D eigenvalue weighted by atomic mass is 10.0. The van der Waals surface area contributed by atoms with Gasteiger partial charge in [0.05, 0.1) is 19.6 Å². The van der Waals surface area contributed by atoms with Crippen molar-refractivity contribution >= 4 is 33.4 Å². The second-order valence-corrected chi connectivity index (χ2v) is 7.21. The standard InChI is InChI=1S/C17H17FN4O5S.ClH/c1-26-14-6-11-12(7-15(14)27-2)17(23)22-21-16(11)10-4-3-9(5-13(10)18)8-20-28(19,24)25;/h3-7,20H,8H2,1-2H3,(H,22,23)(H2,19,24,25);1H. The first-order chi connectivity index (χ1) is 13.2. The van der Waals surface area contributed by atoms with Crippen LogP contribution in [0.1, 0.15) is 5.56 Å². The van der Waals surface area contributed by atoms with Crippen molar-refractivity contribution < 1.29 is 22.3 Å². The molecule has 0 aliphatic carbocycles. The van der Waals surface area contributed by atoms with Crippen LogP contribution in [0, 0.1) is 5.82 Å². The number of aromatic amines is 1. The van der Waals surface area contributed by atoms with Gasteiger partial charge in [-0.2, -0.15) is 18.2 Å². The van der Waals surface area contributed by atoms with Gasteiger partial charge in [-0.15, -0.1) is 12.4 Å². The molecule has 29 heavy (non-hydrogen) atoms. The molecule has 0 aliphatic rings. The van der Waals surface area contributed by atoms with Crippen LogP contribution in [0.25, 0.3) is 22.0 Å². The van der Waals surface area contributed by atoms with Gasteiger partial charge in [-0.05, 0) is 29.8 Å². The minimum atomic E-state index is -3.90. The summed E-state index contributed by atoms with van der Waals surface area (Å²) in [5.41, 5.74) is 0.212. The fraction of sp³-hybridized carbons (Fsp3) is 0.176. The largest absolute Gasteiger partial charge is 0.493 e. The fourth-order valence-corrected chi connectivity index (χ4v) is 3.11. The summed E-state index contributed by atoms with van der Waals surface area (Å²) in [4.78, 5) is 12.2. The highest BCUT2D eigenvalue weighted by Gasteiger charge is 2.17. The number of hydrogen-bond donors (Lipinski definition) is 3. The van der Waals surface area contributed by atoms with E-state index in [1.807, 2.05) is 0 Å². The van der Waals surface area contributed by atoms with Crippen LogP contribution in [0.15, 0.2) is 35.1 Å². The van der Waals surface area contributed by atoms with Crippen LogP contribution < -0.4 is 24.9 Å². The van der Waals surface area contributed by atoms with Gasteiger partial charge in [-0.25, -0.2) is 14.6 Å². The summed E-state index contributed by atoms with van der Waals surface area (Å²) in [6, 6.07) is 7.15. The second kappa shape index (κ2) is 8.74. The van der Waals surface area contributed by atoms with E-state index in [2.05, 4.69) is 14.9 Å². The molecule has 0 amide bonds. The molecule has 3 rings (SSSR count). The zero-order chi connectivity index (χ0) is 20.5. The lowest BCUT2D eigenvalue weighted by Gasteiger charge is -2.12. The van der Waals surface area contributed by atoms with Crippen molar-refractivity contribution in [3.63, 3.8) is 0 Å². The molecule has 1 heterocycles. The van der Waals surface area contributed by atoms with Crippen molar-refractivity contribution in [2.45, 2.75) is 6.54 Å². The van der Waals surface area contributed by atoms with E-state index in [4.69, 9.17) is 14.6 Å². The van der Waals surface area contributed by atoms with E-state index in [0.29, 0.717) is 22.4 Å². The van der Waals surface area contributed by atoms with E-state index < -0.39 is 21.6 Å². The summed E-state index contributed by atoms with van der Waals surface area (Å²) >= 11 is 0. The summed E-state index contributed by atoms with van der Waals surface area (Å²) < 4.78 is 49.2. The third-order valence-electron chi connectivity index (χ3n) is 4.06.